The van der Waals surface area contributed by atoms with Crippen LogP contribution >= 0.6 is 7.82 Å². The molecule has 0 aliphatic rings. The van der Waals surface area contributed by atoms with Crippen molar-refractivity contribution in [2.75, 3.05) is 46.9 Å². The van der Waals surface area contributed by atoms with Crippen molar-refractivity contribution < 1.29 is 27.8 Å². The van der Waals surface area contributed by atoms with Crippen LogP contribution in [0.15, 0.2) is 12.7 Å². The van der Waals surface area contributed by atoms with E-state index in [1.807, 2.05) is 14.1 Å². The van der Waals surface area contributed by atoms with Crippen LogP contribution in [0.25, 0.3) is 0 Å². The number of carbonyl (C=O) groups excluding carboxylic acids is 1. The first kappa shape index (κ1) is 25.3. The molecule has 0 aliphatic carbocycles. The Morgan fingerprint density at radius 1 is 1.08 bits per heavy atom. The molecule has 0 saturated carbocycles. The minimum absolute atomic E-state index is 0.149. The first-order valence-electron chi connectivity index (χ1n) is 9.56. The zero-order chi connectivity index (χ0) is 19.9. The normalized spacial score (nSPS) is 14.0. The number of unbranched alkanes of at least 4 members (excludes halogenated alkanes) is 5. The van der Waals surface area contributed by atoms with Gasteiger partial charge in [0.25, 0.3) is 0 Å². The van der Waals surface area contributed by atoms with Gasteiger partial charge in [0.15, 0.2) is 0 Å². The van der Waals surface area contributed by atoms with E-state index in [-0.39, 0.29) is 19.1 Å². The van der Waals surface area contributed by atoms with Crippen LogP contribution in [-0.2, 0) is 18.4 Å². The summed E-state index contributed by atoms with van der Waals surface area (Å²) >= 11 is 0. The molecule has 0 aromatic rings. The molecular formula is C18H38N2O5P+. The van der Waals surface area contributed by atoms with Crippen molar-refractivity contribution in [1.82, 2.24) is 5.32 Å². The molecule has 0 rings (SSSR count). The van der Waals surface area contributed by atoms with Crippen LogP contribution in [0.4, 0.5) is 0 Å². The van der Waals surface area contributed by atoms with Crippen LogP contribution in [0.1, 0.15) is 51.9 Å². The van der Waals surface area contributed by atoms with Crippen LogP contribution in [-0.4, -0.2) is 62.2 Å². The van der Waals surface area contributed by atoms with Gasteiger partial charge in [-0.15, -0.1) is 0 Å². The van der Waals surface area contributed by atoms with E-state index in [1.165, 1.54) is 25.3 Å². The number of nitrogens with one attached hydrogen (secondary N) is 1. The van der Waals surface area contributed by atoms with Gasteiger partial charge < -0.3 is 14.7 Å². The molecule has 0 bridgehead atoms. The predicted molar refractivity (Wildman–Crippen MR) is 105 cm³/mol. The highest BCUT2D eigenvalue weighted by molar-refractivity contribution is 7.47. The Hall–Kier alpha value is -0.720. The van der Waals surface area contributed by atoms with E-state index in [9.17, 15) is 14.3 Å². The molecule has 0 saturated heterocycles. The smallest absolute Gasteiger partial charge is 0.352 e. The fourth-order valence-corrected chi connectivity index (χ4v) is 3.15. The van der Waals surface area contributed by atoms with Gasteiger partial charge >= 0.3 is 7.82 Å². The maximum absolute atomic E-state index is 11.9. The van der Waals surface area contributed by atoms with Crippen LogP contribution in [0.2, 0.25) is 0 Å². The summed E-state index contributed by atoms with van der Waals surface area (Å²) in [4.78, 5) is 20.8. The van der Waals surface area contributed by atoms with Gasteiger partial charge in [0.1, 0.15) is 13.2 Å². The molecule has 0 aliphatic heterocycles. The number of amides is 1. The standard InChI is InChI=1S/C18H37N2O5P/c1-5-7-8-9-10-11-16-24-26(22,23)25-17-15-20(3,4)14-12-13-19-18(21)6-2/h6H,2,5,7-17H2,1,3-4H3,(H-,19,21,22,23)/p+1. The molecule has 1 unspecified atom stereocenters. The molecule has 1 atom stereocenters. The monoisotopic (exact) mass is 393 g/mol. The van der Waals surface area contributed by atoms with E-state index < -0.39 is 7.82 Å². The summed E-state index contributed by atoms with van der Waals surface area (Å²) in [6, 6.07) is 0. The fourth-order valence-electron chi connectivity index (χ4n) is 2.41. The molecule has 1 amide bonds. The lowest BCUT2D eigenvalue weighted by Gasteiger charge is -2.29. The molecule has 0 aromatic carbocycles. The Morgan fingerprint density at radius 3 is 2.35 bits per heavy atom. The second-order valence-electron chi connectivity index (χ2n) is 7.13. The topological polar surface area (TPSA) is 84.9 Å². The highest BCUT2D eigenvalue weighted by atomic mass is 31.2. The van der Waals surface area contributed by atoms with Gasteiger partial charge in [-0.25, -0.2) is 4.57 Å². The van der Waals surface area contributed by atoms with Crippen LogP contribution in [0.3, 0.4) is 0 Å². The maximum Gasteiger partial charge on any atom is 0.472 e. The summed E-state index contributed by atoms with van der Waals surface area (Å²) in [5.41, 5.74) is 0. The molecule has 7 nitrogen and oxygen atoms in total. The van der Waals surface area contributed by atoms with Gasteiger partial charge in [-0.1, -0.05) is 45.6 Å². The number of phosphoric ester groups is 1. The fraction of sp³-hybridized carbons (Fsp3) is 0.833. The van der Waals surface area contributed by atoms with Crippen LogP contribution in [0, 0.1) is 0 Å². The first-order valence-corrected chi connectivity index (χ1v) is 11.1. The van der Waals surface area contributed by atoms with Gasteiger partial charge in [-0.2, -0.15) is 0 Å². The van der Waals surface area contributed by atoms with Gasteiger partial charge in [-0.05, 0) is 12.5 Å². The quantitative estimate of drug-likeness (QED) is 0.171. The van der Waals surface area contributed by atoms with E-state index in [0.29, 0.717) is 17.6 Å². The summed E-state index contributed by atoms with van der Waals surface area (Å²) in [7, 11) is 0.0572. The Balaban J connectivity index is 3.80. The maximum atomic E-state index is 11.9. The zero-order valence-electron chi connectivity index (χ0n) is 16.7. The Bertz CT molecular complexity index is 443. The van der Waals surface area contributed by atoms with Crippen molar-refractivity contribution in [2.24, 2.45) is 0 Å². The van der Waals surface area contributed by atoms with Gasteiger partial charge in [0.05, 0.1) is 27.2 Å². The summed E-state index contributed by atoms with van der Waals surface area (Å²) < 4.78 is 22.6. The van der Waals surface area contributed by atoms with E-state index >= 15 is 0 Å². The number of hydrogen-bond donors (Lipinski definition) is 2. The SMILES string of the molecule is C=CC(=O)NCCC[N+](C)(C)CCOP(=O)(O)OCCCCCCCC. The zero-order valence-corrected chi connectivity index (χ0v) is 17.6. The van der Waals surface area contributed by atoms with E-state index in [4.69, 9.17) is 9.05 Å². The second kappa shape index (κ2) is 14.4. The average Bonchev–Trinajstić information content (AvgIpc) is 2.57. The number of carbonyl (C=O) groups is 1. The second-order valence-corrected chi connectivity index (χ2v) is 8.59. The van der Waals surface area contributed by atoms with E-state index in [1.54, 1.807) is 0 Å². The average molecular weight is 393 g/mol. The number of rotatable bonds is 17. The highest BCUT2D eigenvalue weighted by Gasteiger charge is 2.23. The predicted octanol–water partition coefficient (Wildman–Crippen LogP) is 3.25. The van der Waals surface area contributed by atoms with Crippen molar-refractivity contribution in [3.05, 3.63) is 12.7 Å². The molecular weight excluding hydrogens is 355 g/mol. The van der Waals surface area contributed by atoms with Crippen molar-refractivity contribution in [3.8, 4) is 0 Å². The lowest BCUT2D eigenvalue weighted by Crippen LogP contribution is -2.44. The number of likely N-dealkylation sites (N-methyl/N-ethyl adjacent to an activating group) is 1. The molecule has 0 heterocycles. The lowest BCUT2D eigenvalue weighted by atomic mass is 10.1. The van der Waals surface area contributed by atoms with Crippen molar-refractivity contribution >= 4 is 13.7 Å². The third-order valence-corrected chi connectivity index (χ3v) is 5.15. The van der Waals surface area contributed by atoms with Gasteiger partial charge in [0.2, 0.25) is 5.91 Å². The van der Waals surface area contributed by atoms with Crippen molar-refractivity contribution in [3.63, 3.8) is 0 Å². The Labute approximate surface area is 159 Å². The van der Waals surface area contributed by atoms with Gasteiger partial charge in [-0.3, -0.25) is 13.8 Å². The molecule has 0 fully saturated rings. The van der Waals surface area contributed by atoms with Crippen LogP contribution in [0.5, 0.6) is 0 Å². The summed E-state index contributed by atoms with van der Waals surface area (Å²) in [5.74, 6) is -0.178. The largest absolute Gasteiger partial charge is 0.472 e. The molecule has 0 radical (unpaired) electrons. The van der Waals surface area contributed by atoms with Crippen molar-refractivity contribution in [2.45, 2.75) is 51.9 Å². The highest BCUT2D eigenvalue weighted by Crippen LogP contribution is 2.43. The Morgan fingerprint density at radius 2 is 1.69 bits per heavy atom. The Kier molecular flexibility index (Phi) is 14.0. The number of quaternary nitrogens is 1. The van der Waals surface area contributed by atoms with Gasteiger partial charge in [0, 0.05) is 13.0 Å². The minimum Gasteiger partial charge on any atom is -0.352 e. The lowest BCUT2D eigenvalue weighted by molar-refractivity contribution is -0.890. The third kappa shape index (κ3) is 15.5. The first-order chi connectivity index (χ1) is 12.2. The van der Waals surface area contributed by atoms with E-state index in [2.05, 4.69) is 18.8 Å². The molecule has 0 aromatic heterocycles. The number of phosphoric acid groups is 1. The molecule has 2 N–H and O–H groups in total. The molecule has 8 heteroatoms. The summed E-state index contributed by atoms with van der Waals surface area (Å²) in [6.45, 7) is 7.95. The third-order valence-electron chi connectivity index (χ3n) is 4.13. The number of nitrogens with zero attached hydrogens (tertiary/aromatic N) is 1. The number of hydrogen-bond acceptors (Lipinski definition) is 4. The molecule has 154 valence electrons. The van der Waals surface area contributed by atoms with E-state index in [0.717, 1.165) is 32.2 Å². The molecule has 0 spiro atoms. The van der Waals surface area contributed by atoms with Crippen molar-refractivity contribution in [1.29, 1.82) is 0 Å². The minimum atomic E-state index is -3.97. The summed E-state index contributed by atoms with van der Waals surface area (Å²) in [5, 5.41) is 2.73. The molecule has 26 heavy (non-hydrogen) atoms. The van der Waals surface area contributed by atoms with Crippen LogP contribution < -0.4 is 5.32 Å². The summed E-state index contributed by atoms with van der Waals surface area (Å²) in [6.07, 6.45) is 8.60.